The monoisotopic (exact) mass is 225 g/mol. The molecule has 0 saturated heterocycles. The number of nitrogens with zero attached hydrogens (tertiary/aromatic N) is 2. The average molecular weight is 225 g/mol. The van der Waals surface area contributed by atoms with Gasteiger partial charge in [-0.3, -0.25) is 0 Å². The van der Waals surface area contributed by atoms with Crippen molar-refractivity contribution in [3.63, 3.8) is 0 Å². The van der Waals surface area contributed by atoms with Crippen molar-refractivity contribution >= 4 is 17.6 Å². The van der Waals surface area contributed by atoms with Crippen molar-refractivity contribution in [2.75, 3.05) is 11.5 Å². The minimum atomic E-state index is 0.556. The molecule has 1 aromatic rings. The van der Waals surface area contributed by atoms with E-state index in [0.717, 1.165) is 16.6 Å². The molecule has 0 bridgehead atoms. The lowest BCUT2D eigenvalue weighted by Gasteiger charge is -2.10. The Hall–Kier alpha value is -0.640. The van der Waals surface area contributed by atoms with Crippen LogP contribution in [0.1, 0.15) is 45.1 Å². The number of anilines is 1. The van der Waals surface area contributed by atoms with Crippen molar-refractivity contribution in [2.24, 2.45) is 0 Å². The van der Waals surface area contributed by atoms with E-state index in [9.17, 15) is 0 Å². The van der Waals surface area contributed by atoms with Gasteiger partial charge in [-0.05, 0) is 25.0 Å². The van der Waals surface area contributed by atoms with Gasteiger partial charge in [0.05, 0.1) is 6.04 Å². The zero-order valence-corrected chi connectivity index (χ0v) is 10.1. The van der Waals surface area contributed by atoms with Gasteiger partial charge >= 0.3 is 0 Å². The molecule has 15 heavy (non-hydrogen) atoms. The summed E-state index contributed by atoms with van der Waals surface area (Å²) in [7, 11) is 0. The van der Waals surface area contributed by atoms with Crippen LogP contribution in [0.25, 0.3) is 0 Å². The SMILES string of the molecule is CCCSc1cc(N)n(C2CCCC2)n1. The Morgan fingerprint density at radius 3 is 2.93 bits per heavy atom. The summed E-state index contributed by atoms with van der Waals surface area (Å²) in [5.41, 5.74) is 5.98. The first kappa shape index (κ1) is 10.9. The fourth-order valence-electron chi connectivity index (χ4n) is 2.10. The van der Waals surface area contributed by atoms with Gasteiger partial charge in [0.1, 0.15) is 10.8 Å². The molecule has 2 N–H and O–H groups in total. The Bertz CT molecular complexity index is 316. The van der Waals surface area contributed by atoms with Crippen LogP contribution in [0.4, 0.5) is 5.82 Å². The topological polar surface area (TPSA) is 43.8 Å². The molecule has 2 rings (SSSR count). The molecule has 0 aliphatic heterocycles. The molecule has 1 aliphatic rings. The van der Waals surface area contributed by atoms with E-state index in [2.05, 4.69) is 12.0 Å². The summed E-state index contributed by atoms with van der Waals surface area (Å²) in [6, 6.07) is 2.57. The summed E-state index contributed by atoms with van der Waals surface area (Å²) in [6.07, 6.45) is 6.30. The maximum Gasteiger partial charge on any atom is 0.123 e. The molecule has 1 aromatic heterocycles. The van der Waals surface area contributed by atoms with E-state index in [1.165, 1.54) is 32.1 Å². The predicted octanol–water partition coefficient (Wildman–Crippen LogP) is 3.08. The zero-order chi connectivity index (χ0) is 10.7. The zero-order valence-electron chi connectivity index (χ0n) is 9.28. The lowest BCUT2D eigenvalue weighted by molar-refractivity contribution is 0.466. The van der Waals surface area contributed by atoms with Gasteiger partial charge in [0.25, 0.3) is 0 Å². The molecule has 0 spiro atoms. The third-order valence-electron chi connectivity index (χ3n) is 2.87. The van der Waals surface area contributed by atoms with Crippen molar-refractivity contribution < 1.29 is 0 Å². The first-order valence-electron chi connectivity index (χ1n) is 5.79. The maximum atomic E-state index is 5.98. The lowest BCUT2D eigenvalue weighted by atomic mass is 10.2. The number of thioether (sulfide) groups is 1. The first-order chi connectivity index (χ1) is 7.31. The van der Waals surface area contributed by atoms with Crippen LogP contribution in [0.5, 0.6) is 0 Å². The molecule has 84 valence electrons. The van der Waals surface area contributed by atoms with Gasteiger partial charge in [0, 0.05) is 6.07 Å². The highest BCUT2D eigenvalue weighted by Gasteiger charge is 2.20. The van der Waals surface area contributed by atoms with Crippen LogP contribution in [0, 0.1) is 0 Å². The summed E-state index contributed by atoms with van der Waals surface area (Å²) in [5, 5.41) is 5.67. The van der Waals surface area contributed by atoms with Crippen LogP contribution < -0.4 is 5.73 Å². The molecule has 0 aromatic carbocycles. The van der Waals surface area contributed by atoms with E-state index in [1.807, 2.05) is 10.7 Å². The molecule has 0 unspecified atom stereocenters. The number of nitrogens with two attached hydrogens (primary N) is 1. The Morgan fingerprint density at radius 1 is 1.53 bits per heavy atom. The summed E-state index contributed by atoms with van der Waals surface area (Å²) >= 11 is 1.80. The number of aromatic nitrogens is 2. The molecular weight excluding hydrogens is 206 g/mol. The third kappa shape index (κ3) is 2.48. The summed E-state index contributed by atoms with van der Waals surface area (Å²) in [4.78, 5) is 0. The average Bonchev–Trinajstić information content (AvgIpc) is 2.83. The Balaban J connectivity index is 2.06. The molecule has 0 atom stereocenters. The van der Waals surface area contributed by atoms with Crippen LogP contribution >= 0.6 is 11.8 Å². The summed E-state index contributed by atoms with van der Waals surface area (Å²) in [6.45, 7) is 2.18. The summed E-state index contributed by atoms with van der Waals surface area (Å²) < 4.78 is 2.03. The number of hydrogen-bond donors (Lipinski definition) is 1. The molecule has 0 amide bonds. The second-order valence-corrected chi connectivity index (χ2v) is 5.25. The fraction of sp³-hybridized carbons (Fsp3) is 0.727. The van der Waals surface area contributed by atoms with Gasteiger partial charge in [-0.15, -0.1) is 11.8 Å². The standard InChI is InChI=1S/C11H19N3S/c1-2-7-15-11-8-10(12)14(13-11)9-5-3-4-6-9/h8-9H,2-7,12H2,1H3. The number of nitrogen functional groups attached to an aromatic ring is 1. The van der Waals surface area contributed by atoms with E-state index in [0.29, 0.717) is 6.04 Å². The van der Waals surface area contributed by atoms with Gasteiger partial charge < -0.3 is 5.73 Å². The number of rotatable bonds is 4. The Kier molecular flexibility index (Phi) is 3.57. The molecule has 1 saturated carbocycles. The highest BCUT2D eigenvalue weighted by molar-refractivity contribution is 7.99. The lowest BCUT2D eigenvalue weighted by Crippen LogP contribution is -2.09. The van der Waals surface area contributed by atoms with E-state index in [1.54, 1.807) is 11.8 Å². The van der Waals surface area contributed by atoms with Crippen LogP contribution in [-0.2, 0) is 0 Å². The second kappa shape index (κ2) is 4.92. The van der Waals surface area contributed by atoms with Crippen molar-refractivity contribution in [2.45, 2.75) is 50.1 Å². The smallest absolute Gasteiger partial charge is 0.123 e. The highest BCUT2D eigenvalue weighted by Crippen LogP contribution is 2.32. The summed E-state index contributed by atoms with van der Waals surface area (Å²) in [5.74, 6) is 1.96. The molecule has 1 heterocycles. The van der Waals surface area contributed by atoms with Crippen LogP contribution in [-0.4, -0.2) is 15.5 Å². The van der Waals surface area contributed by atoms with Crippen molar-refractivity contribution in [3.8, 4) is 0 Å². The van der Waals surface area contributed by atoms with Gasteiger partial charge in [0.15, 0.2) is 0 Å². The van der Waals surface area contributed by atoms with Crippen molar-refractivity contribution in [1.29, 1.82) is 0 Å². The van der Waals surface area contributed by atoms with E-state index >= 15 is 0 Å². The van der Waals surface area contributed by atoms with E-state index in [-0.39, 0.29) is 0 Å². The Morgan fingerprint density at radius 2 is 2.27 bits per heavy atom. The largest absolute Gasteiger partial charge is 0.384 e. The first-order valence-corrected chi connectivity index (χ1v) is 6.77. The van der Waals surface area contributed by atoms with Crippen molar-refractivity contribution in [3.05, 3.63) is 6.07 Å². The van der Waals surface area contributed by atoms with Gasteiger partial charge in [0.2, 0.25) is 0 Å². The van der Waals surface area contributed by atoms with E-state index < -0.39 is 0 Å². The molecule has 0 radical (unpaired) electrons. The molecule has 1 aliphatic carbocycles. The van der Waals surface area contributed by atoms with Gasteiger partial charge in [-0.1, -0.05) is 19.8 Å². The normalized spacial score (nSPS) is 17.4. The maximum absolute atomic E-state index is 5.98. The highest BCUT2D eigenvalue weighted by atomic mass is 32.2. The second-order valence-electron chi connectivity index (χ2n) is 4.14. The fourth-order valence-corrected chi connectivity index (χ4v) is 2.87. The van der Waals surface area contributed by atoms with Gasteiger partial charge in [-0.2, -0.15) is 5.10 Å². The Labute approximate surface area is 95.4 Å². The van der Waals surface area contributed by atoms with Gasteiger partial charge in [-0.25, -0.2) is 4.68 Å². The van der Waals surface area contributed by atoms with Crippen LogP contribution in [0.2, 0.25) is 0 Å². The predicted molar refractivity (Wildman–Crippen MR) is 65.2 cm³/mol. The minimum Gasteiger partial charge on any atom is -0.384 e. The van der Waals surface area contributed by atoms with Crippen LogP contribution in [0.3, 0.4) is 0 Å². The van der Waals surface area contributed by atoms with Crippen molar-refractivity contribution in [1.82, 2.24) is 9.78 Å². The molecule has 4 heteroatoms. The van der Waals surface area contributed by atoms with E-state index in [4.69, 9.17) is 5.73 Å². The minimum absolute atomic E-state index is 0.556. The number of hydrogen-bond acceptors (Lipinski definition) is 3. The molecular formula is C11H19N3S. The quantitative estimate of drug-likeness (QED) is 0.801. The van der Waals surface area contributed by atoms with Crippen LogP contribution in [0.15, 0.2) is 11.1 Å². The third-order valence-corrected chi connectivity index (χ3v) is 3.97. The molecule has 1 fully saturated rings. The molecule has 3 nitrogen and oxygen atoms in total.